The summed E-state index contributed by atoms with van der Waals surface area (Å²) in [6.07, 6.45) is 5.33. The van der Waals surface area contributed by atoms with Gasteiger partial charge in [-0.1, -0.05) is 30.7 Å². The fraction of sp³-hybridized carbons (Fsp3) is 0.542. The van der Waals surface area contributed by atoms with E-state index in [1.807, 2.05) is 36.0 Å². The number of ether oxygens (including phenoxy) is 1. The molecule has 0 aliphatic carbocycles. The van der Waals surface area contributed by atoms with Gasteiger partial charge in [0.15, 0.2) is 6.29 Å². The van der Waals surface area contributed by atoms with Gasteiger partial charge in [0, 0.05) is 29.2 Å². The number of hydroxylamine groups is 1. The quantitative estimate of drug-likeness (QED) is 0.485. The van der Waals surface area contributed by atoms with Gasteiger partial charge in [0.05, 0.1) is 11.4 Å². The maximum atomic E-state index is 12.8. The summed E-state index contributed by atoms with van der Waals surface area (Å²) in [5.74, 6) is 0.937. The Labute approximate surface area is 197 Å². The van der Waals surface area contributed by atoms with Gasteiger partial charge in [-0.3, -0.25) is 4.79 Å². The van der Waals surface area contributed by atoms with Crippen molar-refractivity contribution in [2.75, 3.05) is 19.0 Å². The molecule has 2 aromatic rings. The van der Waals surface area contributed by atoms with Crippen LogP contribution in [0.2, 0.25) is 0 Å². The highest BCUT2D eigenvalue weighted by Crippen LogP contribution is 2.50. The Morgan fingerprint density at radius 2 is 2.03 bits per heavy atom. The van der Waals surface area contributed by atoms with Crippen molar-refractivity contribution in [1.82, 2.24) is 5.48 Å². The number of aliphatic hydroxyl groups excluding tert-OH is 2. The van der Waals surface area contributed by atoms with Crippen molar-refractivity contribution in [1.29, 1.82) is 0 Å². The molecule has 0 saturated carbocycles. The first-order valence-electron chi connectivity index (χ1n) is 11.3. The van der Waals surface area contributed by atoms with Crippen LogP contribution < -0.4 is 5.48 Å². The molecule has 8 heteroatoms. The summed E-state index contributed by atoms with van der Waals surface area (Å²) < 4.78 is 5.30. The van der Waals surface area contributed by atoms with Crippen molar-refractivity contribution in [2.24, 2.45) is 0 Å². The Kier molecular flexibility index (Phi) is 8.26. The summed E-state index contributed by atoms with van der Waals surface area (Å²) in [6.45, 7) is 0.388. The Morgan fingerprint density at radius 1 is 1.19 bits per heavy atom. The third-order valence-corrected chi connectivity index (χ3v) is 9.13. The van der Waals surface area contributed by atoms with Gasteiger partial charge < -0.3 is 14.9 Å². The summed E-state index contributed by atoms with van der Waals surface area (Å²) in [6, 6.07) is 11.9. The minimum Gasteiger partial charge on any atom is -0.393 e. The summed E-state index contributed by atoms with van der Waals surface area (Å²) in [7, 11) is 0. The predicted octanol–water partition coefficient (Wildman–Crippen LogP) is 4.52. The highest BCUT2D eigenvalue weighted by molar-refractivity contribution is 8.00. The zero-order valence-electron chi connectivity index (χ0n) is 18.1. The average molecular weight is 478 g/mol. The molecular weight excluding hydrogens is 446 g/mol. The average Bonchev–Trinajstić information content (AvgIpc) is 3.35. The van der Waals surface area contributed by atoms with Crippen LogP contribution in [-0.4, -0.2) is 41.4 Å². The van der Waals surface area contributed by atoms with Crippen LogP contribution in [0.5, 0.6) is 0 Å². The maximum Gasteiger partial charge on any atom is 0.245 e. The molecule has 6 nitrogen and oxygen atoms in total. The van der Waals surface area contributed by atoms with Gasteiger partial charge in [-0.15, -0.1) is 23.1 Å². The third-order valence-electron chi connectivity index (χ3n) is 6.05. The van der Waals surface area contributed by atoms with Crippen molar-refractivity contribution < 1.29 is 24.6 Å². The van der Waals surface area contributed by atoms with Gasteiger partial charge in [-0.2, -0.15) is 0 Å². The lowest BCUT2D eigenvalue weighted by Gasteiger charge is -2.35. The molecule has 1 aromatic carbocycles. The minimum atomic E-state index is -0.857. The van der Waals surface area contributed by atoms with E-state index >= 15 is 0 Å². The third kappa shape index (κ3) is 5.73. The summed E-state index contributed by atoms with van der Waals surface area (Å²) in [5, 5.41) is 18.9. The molecule has 2 saturated heterocycles. The van der Waals surface area contributed by atoms with Gasteiger partial charge in [0.1, 0.15) is 6.10 Å². The standard InChI is InChI=1S/C24H31NO5S2/c26-16-19(27)17-6-8-18(9-7-17)20-10-11-21(32-20)24(12-2-4-14-31-24)15-22(28)25-30-23-5-1-3-13-29-23/h6-11,19,23,26-27H,1-5,12-16H2,(H,25,28)/t19?,23?,24-/m0/s1. The fourth-order valence-corrected chi connectivity index (χ4v) is 7.11. The molecule has 2 aliphatic heterocycles. The van der Waals surface area contributed by atoms with Crippen molar-refractivity contribution in [3.63, 3.8) is 0 Å². The van der Waals surface area contributed by atoms with E-state index in [9.17, 15) is 9.90 Å². The van der Waals surface area contributed by atoms with Crippen LogP contribution in [-0.2, 0) is 19.1 Å². The highest BCUT2D eigenvalue weighted by atomic mass is 32.2. The Bertz CT molecular complexity index is 873. The number of benzene rings is 1. The van der Waals surface area contributed by atoms with Crippen LogP contribution in [0.3, 0.4) is 0 Å². The molecular formula is C24H31NO5S2. The molecule has 32 heavy (non-hydrogen) atoms. The van der Waals surface area contributed by atoms with E-state index in [2.05, 4.69) is 17.6 Å². The topological polar surface area (TPSA) is 88.0 Å². The van der Waals surface area contributed by atoms with Crippen LogP contribution >= 0.6 is 23.1 Å². The highest BCUT2D eigenvalue weighted by Gasteiger charge is 2.38. The van der Waals surface area contributed by atoms with E-state index in [0.717, 1.165) is 48.3 Å². The second kappa shape index (κ2) is 11.1. The Hall–Kier alpha value is -1.42. The minimum absolute atomic E-state index is 0.106. The molecule has 1 amide bonds. The van der Waals surface area contributed by atoms with Crippen LogP contribution in [0.25, 0.3) is 10.4 Å². The van der Waals surface area contributed by atoms with Crippen molar-refractivity contribution in [3.05, 3.63) is 46.8 Å². The summed E-state index contributed by atoms with van der Waals surface area (Å²) in [4.78, 5) is 20.6. The summed E-state index contributed by atoms with van der Waals surface area (Å²) >= 11 is 3.59. The number of thioether (sulfide) groups is 1. The van der Waals surface area contributed by atoms with Gasteiger partial charge in [0.25, 0.3) is 0 Å². The lowest BCUT2D eigenvalue weighted by molar-refractivity contribution is -0.200. The molecule has 2 unspecified atom stereocenters. The first kappa shape index (κ1) is 23.7. The first-order valence-corrected chi connectivity index (χ1v) is 13.1. The molecule has 3 atom stereocenters. The van der Waals surface area contributed by atoms with Crippen LogP contribution in [0.15, 0.2) is 36.4 Å². The second-order valence-electron chi connectivity index (χ2n) is 8.40. The number of amides is 1. The maximum absolute atomic E-state index is 12.8. The summed E-state index contributed by atoms with van der Waals surface area (Å²) in [5.41, 5.74) is 4.40. The molecule has 3 heterocycles. The van der Waals surface area contributed by atoms with Crippen LogP contribution in [0.1, 0.15) is 61.5 Å². The molecule has 174 valence electrons. The van der Waals surface area contributed by atoms with Crippen molar-refractivity contribution in [2.45, 2.75) is 62.1 Å². The van der Waals surface area contributed by atoms with Gasteiger partial charge in [-0.05, 0) is 54.7 Å². The normalized spacial score (nSPS) is 24.8. The number of carbonyl (C=O) groups excluding carboxylic acids is 1. The predicted molar refractivity (Wildman–Crippen MR) is 127 cm³/mol. The van der Waals surface area contributed by atoms with E-state index in [4.69, 9.17) is 14.7 Å². The first-order chi connectivity index (χ1) is 15.6. The Morgan fingerprint density at radius 3 is 2.72 bits per heavy atom. The number of hydrogen-bond acceptors (Lipinski definition) is 7. The van der Waals surface area contributed by atoms with Crippen molar-refractivity contribution in [3.8, 4) is 10.4 Å². The number of rotatable bonds is 8. The SMILES string of the molecule is O=C(C[C@]1(c2ccc(-c3ccc(C(O)CO)cc3)s2)CCCCS1)NOC1CCCCO1. The molecule has 2 aliphatic rings. The number of aliphatic hydroxyl groups is 2. The number of carbonyl (C=O) groups is 1. The Balaban J connectivity index is 1.46. The van der Waals surface area contributed by atoms with E-state index in [0.29, 0.717) is 18.6 Å². The number of hydrogen-bond donors (Lipinski definition) is 3. The molecule has 1 aromatic heterocycles. The lowest BCUT2D eigenvalue weighted by atomic mass is 9.94. The van der Waals surface area contributed by atoms with E-state index in [1.54, 1.807) is 11.3 Å². The molecule has 2 fully saturated rings. The monoisotopic (exact) mass is 477 g/mol. The van der Waals surface area contributed by atoms with Gasteiger partial charge >= 0.3 is 0 Å². The zero-order valence-corrected chi connectivity index (χ0v) is 19.8. The smallest absolute Gasteiger partial charge is 0.245 e. The fourth-order valence-electron chi connectivity index (χ4n) is 4.22. The van der Waals surface area contributed by atoms with Gasteiger partial charge in [0.2, 0.25) is 5.91 Å². The number of thiophene rings is 1. The van der Waals surface area contributed by atoms with E-state index in [1.165, 1.54) is 11.3 Å². The molecule has 3 N–H and O–H groups in total. The lowest BCUT2D eigenvalue weighted by Crippen LogP contribution is -2.37. The molecule has 4 rings (SSSR count). The van der Waals surface area contributed by atoms with Crippen LogP contribution in [0, 0.1) is 0 Å². The van der Waals surface area contributed by atoms with E-state index < -0.39 is 6.10 Å². The number of nitrogens with one attached hydrogen (secondary N) is 1. The second-order valence-corrected chi connectivity index (χ2v) is 11.0. The van der Waals surface area contributed by atoms with Crippen LogP contribution in [0.4, 0.5) is 0 Å². The largest absolute Gasteiger partial charge is 0.393 e. The molecule has 0 spiro atoms. The van der Waals surface area contributed by atoms with Crippen molar-refractivity contribution >= 4 is 29.0 Å². The van der Waals surface area contributed by atoms with Gasteiger partial charge in [-0.25, -0.2) is 10.3 Å². The molecule has 0 radical (unpaired) electrons. The van der Waals surface area contributed by atoms with E-state index in [-0.39, 0.29) is 23.6 Å². The zero-order chi connectivity index (χ0) is 22.4. The molecule has 0 bridgehead atoms.